The Morgan fingerprint density at radius 1 is 1.56 bits per heavy atom. The first-order valence-corrected chi connectivity index (χ1v) is 6.59. The third kappa shape index (κ3) is 2.57. The molecule has 0 amide bonds. The van der Waals surface area contributed by atoms with Gasteiger partial charge < -0.3 is 5.73 Å². The zero-order chi connectivity index (χ0) is 13.3. The molecule has 2 N–H and O–H groups in total. The number of Topliss-reactive ketones (excluding diaryl/α,β-unsaturated/α-hetero) is 1. The van der Waals surface area contributed by atoms with Gasteiger partial charge in [-0.15, -0.1) is 0 Å². The molecule has 2 rings (SSSR count). The van der Waals surface area contributed by atoms with Crippen LogP contribution in [0.3, 0.4) is 0 Å². The molecule has 4 heteroatoms. The summed E-state index contributed by atoms with van der Waals surface area (Å²) in [6.45, 7) is 2.08. The molecule has 1 aromatic carbocycles. The standard InChI is InChI=1S/C14H17ClFNO/c1-9-3-2-6-14(17,8-9)13(18)11-7-10(16)4-5-12(11)15/h4-5,7,9H,2-3,6,8,17H2,1H3. The smallest absolute Gasteiger partial charge is 0.184 e. The fraction of sp³-hybridized carbons (Fsp3) is 0.500. The topological polar surface area (TPSA) is 43.1 Å². The Hall–Kier alpha value is -0.930. The van der Waals surface area contributed by atoms with Crippen molar-refractivity contribution in [3.63, 3.8) is 0 Å². The molecule has 0 spiro atoms. The second kappa shape index (κ2) is 4.98. The average molecular weight is 270 g/mol. The Morgan fingerprint density at radius 3 is 2.94 bits per heavy atom. The first-order valence-electron chi connectivity index (χ1n) is 6.21. The van der Waals surface area contributed by atoms with E-state index < -0.39 is 11.4 Å². The largest absolute Gasteiger partial charge is 0.319 e. The van der Waals surface area contributed by atoms with E-state index in [9.17, 15) is 9.18 Å². The number of carbonyl (C=O) groups is 1. The second-order valence-corrected chi connectivity index (χ2v) is 5.72. The number of hydrogen-bond acceptors (Lipinski definition) is 2. The zero-order valence-electron chi connectivity index (χ0n) is 10.4. The number of nitrogens with two attached hydrogens (primary N) is 1. The van der Waals surface area contributed by atoms with Gasteiger partial charge in [0.1, 0.15) is 5.82 Å². The van der Waals surface area contributed by atoms with Crippen LogP contribution in [-0.4, -0.2) is 11.3 Å². The van der Waals surface area contributed by atoms with Crippen molar-refractivity contribution in [3.8, 4) is 0 Å². The Balaban J connectivity index is 2.32. The van der Waals surface area contributed by atoms with Gasteiger partial charge in [-0.25, -0.2) is 4.39 Å². The highest BCUT2D eigenvalue weighted by molar-refractivity contribution is 6.34. The molecule has 1 aliphatic rings. The van der Waals surface area contributed by atoms with Crippen molar-refractivity contribution >= 4 is 17.4 Å². The minimum atomic E-state index is -0.894. The molecule has 1 aliphatic carbocycles. The molecule has 2 unspecified atom stereocenters. The second-order valence-electron chi connectivity index (χ2n) is 5.31. The number of ketones is 1. The van der Waals surface area contributed by atoms with Crippen LogP contribution in [0, 0.1) is 11.7 Å². The molecule has 2 nitrogen and oxygen atoms in total. The highest BCUT2D eigenvalue weighted by Gasteiger charge is 2.39. The number of carbonyl (C=O) groups excluding carboxylic acids is 1. The van der Waals surface area contributed by atoms with Crippen LogP contribution in [0.25, 0.3) is 0 Å². The van der Waals surface area contributed by atoms with Crippen LogP contribution in [0.5, 0.6) is 0 Å². The third-order valence-electron chi connectivity index (χ3n) is 3.66. The fourth-order valence-corrected chi connectivity index (χ4v) is 2.94. The molecule has 2 atom stereocenters. The van der Waals surface area contributed by atoms with Gasteiger partial charge in [-0.05, 0) is 37.0 Å². The molecule has 1 saturated carbocycles. The van der Waals surface area contributed by atoms with Gasteiger partial charge in [0.15, 0.2) is 5.78 Å². The maximum absolute atomic E-state index is 13.2. The molecule has 98 valence electrons. The number of rotatable bonds is 2. The number of hydrogen-bond donors (Lipinski definition) is 1. The average Bonchev–Trinajstić information content (AvgIpc) is 2.31. The molecule has 0 saturated heterocycles. The van der Waals surface area contributed by atoms with Crippen molar-refractivity contribution in [2.45, 2.75) is 38.1 Å². The summed E-state index contributed by atoms with van der Waals surface area (Å²) in [4.78, 5) is 12.5. The van der Waals surface area contributed by atoms with E-state index in [4.69, 9.17) is 17.3 Å². The van der Waals surface area contributed by atoms with E-state index in [0.29, 0.717) is 18.8 Å². The van der Waals surface area contributed by atoms with E-state index in [1.807, 2.05) is 0 Å². The fourth-order valence-electron chi connectivity index (χ4n) is 2.74. The van der Waals surface area contributed by atoms with E-state index >= 15 is 0 Å². The Bertz CT molecular complexity index is 477. The molecule has 0 heterocycles. The van der Waals surface area contributed by atoms with E-state index in [1.54, 1.807) is 0 Å². The summed E-state index contributed by atoms with van der Waals surface area (Å²) < 4.78 is 13.2. The van der Waals surface area contributed by atoms with Gasteiger partial charge in [0, 0.05) is 5.56 Å². The molecular formula is C14H17ClFNO. The maximum Gasteiger partial charge on any atom is 0.184 e. The van der Waals surface area contributed by atoms with Gasteiger partial charge in [0.05, 0.1) is 10.6 Å². The molecule has 0 aromatic heterocycles. The van der Waals surface area contributed by atoms with Gasteiger partial charge in [-0.1, -0.05) is 31.4 Å². The summed E-state index contributed by atoms with van der Waals surface area (Å²) in [6, 6.07) is 3.82. The minimum Gasteiger partial charge on any atom is -0.319 e. The highest BCUT2D eigenvalue weighted by atomic mass is 35.5. The highest BCUT2D eigenvalue weighted by Crippen LogP contribution is 2.34. The van der Waals surface area contributed by atoms with Crippen molar-refractivity contribution in [1.82, 2.24) is 0 Å². The van der Waals surface area contributed by atoms with E-state index in [-0.39, 0.29) is 16.4 Å². The lowest BCUT2D eigenvalue weighted by molar-refractivity contribution is 0.0819. The van der Waals surface area contributed by atoms with Gasteiger partial charge in [0.25, 0.3) is 0 Å². The van der Waals surface area contributed by atoms with Gasteiger partial charge in [0.2, 0.25) is 0 Å². The number of halogens is 2. The van der Waals surface area contributed by atoms with E-state index in [0.717, 1.165) is 12.8 Å². The minimum absolute atomic E-state index is 0.202. The van der Waals surface area contributed by atoms with Crippen LogP contribution >= 0.6 is 11.6 Å². The Kier molecular flexibility index (Phi) is 3.74. The Labute approximate surface area is 111 Å². The first kappa shape index (κ1) is 13.5. The van der Waals surface area contributed by atoms with Gasteiger partial charge in [-0.2, -0.15) is 0 Å². The monoisotopic (exact) mass is 269 g/mol. The van der Waals surface area contributed by atoms with Crippen LogP contribution in [0.2, 0.25) is 5.02 Å². The van der Waals surface area contributed by atoms with Gasteiger partial charge >= 0.3 is 0 Å². The van der Waals surface area contributed by atoms with Crippen molar-refractivity contribution < 1.29 is 9.18 Å². The molecule has 18 heavy (non-hydrogen) atoms. The summed E-state index contributed by atoms with van der Waals surface area (Å²) in [6.07, 6.45) is 3.29. The predicted molar refractivity (Wildman–Crippen MR) is 70.3 cm³/mol. The van der Waals surface area contributed by atoms with Crippen LogP contribution in [-0.2, 0) is 0 Å². The molecular weight excluding hydrogens is 253 g/mol. The lowest BCUT2D eigenvalue weighted by atomic mass is 9.73. The summed E-state index contributed by atoms with van der Waals surface area (Å²) in [5.74, 6) is -0.284. The van der Waals surface area contributed by atoms with Crippen molar-refractivity contribution in [2.24, 2.45) is 11.7 Å². The summed E-state index contributed by atoms with van der Waals surface area (Å²) >= 11 is 5.97. The molecule has 1 fully saturated rings. The van der Waals surface area contributed by atoms with Crippen LogP contribution in [0.15, 0.2) is 18.2 Å². The summed E-state index contributed by atoms with van der Waals surface area (Å²) in [5, 5.41) is 0.268. The maximum atomic E-state index is 13.2. The van der Waals surface area contributed by atoms with Crippen LogP contribution in [0.1, 0.15) is 43.0 Å². The molecule has 0 radical (unpaired) electrons. The van der Waals surface area contributed by atoms with Crippen LogP contribution < -0.4 is 5.73 Å². The van der Waals surface area contributed by atoms with E-state index in [1.165, 1.54) is 18.2 Å². The molecule has 1 aromatic rings. The predicted octanol–water partition coefficient (Wildman–Crippen LogP) is 3.57. The quantitative estimate of drug-likeness (QED) is 0.834. The van der Waals surface area contributed by atoms with Crippen molar-refractivity contribution in [3.05, 3.63) is 34.6 Å². The summed E-state index contributed by atoms with van der Waals surface area (Å²) in [7, 11) is 0. The third-order valence-corrected chi connectivity index (χ3v) is 3.99. The van der Waals surface area contributed by atoms with Crippen LogP contribution in [0.4, 0.5) is 4.39 Å². The molecule has 0 bridgehead atoms. The molecule has 0 aliphatic heterocycles. The van der Waals surface area contributed by atoms with Crippen molar-refractivity contribution in [1.29, 1.82) is 0 Å². The lowest BCUT2D eigenvalue weighted by Crippen LogP contribution is -2.51. The normalized spacial score (nSPS) is 28.1. The first-order chi connectivity index (χ1) is 8.42. The SMILES string of the molecule is CC1CCCC(N)(C(=O)c2cc(F)ccc2Cl)C1. The number of benzene rings is 1. The van der Waals surface area contributed by atoms with E-state index in [2.05, 4.69) is 6.92 Å². The zero-order valence-corrected chi connectivity index (χ0v) is 11.1. The Morgan fingerprint density at radius 2 is 2.28 bits per heavy atom. The van der Waals surface area contributed by atoms with Gasteiger partial charge in [-0.3, -0.25) is 4.79 Å². The van der Waals surface area contributed by atoms with Crippen molar-refractivity contribution in [2.75, 3.05) is 0 Å². The summed E-state index contributed by atoms with van der Waals surface area (Å²) in [5.41, 5.74) is 5.52. The lowest BCUT2D eigenvalue weighted by Gasteiger charge is -2.35.